The number of hydrogen-bond acceptors (Lipinski definition) is 4. The van der Waals surface area contributed by atoms with Gasteiger partial charge in [0.05, 0.1) is 5.02 Å². The molecule has 0 fully saturated rings. The standard InChI is InChI=1S/C15H16ClNO2S/c1-9-3-12(20-10(9)2)7-17-6-11-4-13(16)15-14(5-11)18-8-19-15/h3-5,17H,6-8H2,1-2H3. The van der Waals surface area contributed by atoms with E-state index in [0.717, 1.165) is 24.4 Å². The van der Waals surface area contributed by atoms with E-state index in [4.69, 9.17) is 21.1 Å². The molecular formula is C15H16ClNO2S. The molecular weight excluding hydrogens is 294 g/mol. The highest BCUT2D eigenvalue weighted by Crippen LogP contribution is 2.39. The smallest absolute Gasteiger partial charge is 0.231 e. The number of aryl methyl sites for hydroxylation is 2. The number of halogens is 1. The molecule has 0 unspecified atom stereocenters. The van der Waals surface area contributed by atoms with Crippen molar-refractivity contribution in [2.24, 2.45) is 0 Å². The maximum Gasteiger partial charge on any atom is 0.231 e. The van der Waals surface area contributed by atoms with Crippen molar-refractivity contribution in [2.45, 2.75) is 26.9 Å². The van der Waals surface area contributed by atoms with Crippen LogP contribution in [0.15, 0.2) is 18.2 Å². The molecule has 5 heteroatoms. The van der Waals surface area contributed by atoms with Crippen molar-refractivity contribution in [2.75, 3.05) is 6.79 Å². The second-order valence-corrected chi connectivity index (χ2v) is 6.61. The Morgan fingerprint density at radius 3 is 2.80 bits per heavy atom. The van der Waals surface area contributed by atoms with Gasteiger partial charge in [-0.2, -0.15) is 0 Å². The van der Waals surface area contributed by atoms with Crippen LogP contribution in [0.2, 0.25) is 5.02 Å². The molecule has 2 heterocycles. The van der Waals surface area contributed by atoms with Gasteiger partial charge in [-0.05, 0) is 43.2 Å². The van der Waals surface area contributed by atoms with Crippen LogP contribution in [0.25, 0.3) is 0 Å². The monoisotopic (exact) mass is 309 g/mol. The first-order valence-corrected chi connectivity index (χ1v) is 7.67. The van der Waals surface area contributed by atoms with Crippen LogP contribution in [0.1, 0.15) is 20.9 Å². The van der Waals surface area contributed by atoms with Crippen LogP contribution in [0.3, 0.4) is 0 Å². The van der Waals surface area contributed by atoms with Crippen LogP contribution in [0, 0.1) is 13.8 Å². The van der Waals surface area contributed by atoms with Gasteiger partial charge in [-0.25, -0.2) is 0 Å². The van der Waals surface area contributed by atoms with Gasteiger partial charge in [0, 0.05) is 22.8 Å². The molecule has 106 valence electrons. The van der Waals surface area contributed by atoms with E-state index < -0.39 is 0 Å². The molecule has 1 aliphatic rings. The van der Waals surface area contributed by atoms with Crippen molar-refractivity contribution < 1.29 is 9.47 Å². The summed E-state index contributed by atoms with van der Waals surface area (Å²) in [4.78, 5) is 2.74. The number of rotatable bonds is 4. The fourth-order valence-electron chi connectivity index (χ4n) is 2.19. The lowest BCUT2D eigenvalue weighted by molar-refractivity contribution is 0.174. The molecule has 1 aromatic carbocycles. The van der Waals surface area contributed by atoms with E-state index in [0.29, 0.717) is 10.8 Å². The van der Waals surface area contributed by atoms with Crippen molar-refractivity contribution in [1.82, 2.24) is 5.32 Å². The van der Waals surface area contributed by atoms with Crippen molar-refractivity contribution >= 4 is 22.9 Å². The molecule has 3 nitrogen and oxygen atoms in total. The van der Waals surface area contributed by atoms with Crippen molar-refractivity contribution in [1.29, 1.82) is 0 Å². The summed E-state index contributed by atoms with van der Waals surface area (Å²) in [5.74, 6) is 1.39. The van der Waals surface area contributed by atoms with Crippen LogP contribution in [0.5, 0.6) is 11.5 Å². The molecule has 3 rings (SSSR count). The summed E-state index contributed by atoms with van der Waals surface area (Å²) in [7, 11) is 0. The summed E-state index contributed by atoms with van der Waals surface area (Å²) in [6.07, 6.45) is 0. The van der Waals surface area contributed by atoms with Crippen LogP contribution in [0.4, 0.5) is 0 Å². The number of fused-ring (bicyclic) bond motifs is 1. The van der Waals surface area contributed by atoms with Gasteiger partial charge >= 0.3 is 0 Å². The molecule has 0 amide bonds. The van der Waals surface area contributed by atoms with Gasteiger partial charge < -0.3 is 14.8 Å². The first-order chi connectivity index (χ1) is 9.63. The van der Waals surface area contributed by atoms with Crippen LogP contribution >= 0.6 is 22.9 Å². The number of nitrogens with one attached hydrogen (secondary N) is 1. The Labute approximate surface area is 127 Å². The molecule has 0 atom stereocenters. The summed E-state index contributed by atoms with van der Waals surface area (Å²) >= 11 is 8.00. The zero-order valence-electron chi connectivity index (χ0n) is 11.5. The average molecular weight is 310 g/mol. The molecule has 20 heavy (non-hydrogen) atoms. The second kappa shape index (κ2) is 5.64. The van der Waals surface area contributed by atoms with Crippen LogP contribution < -0.4 is 14.8 Å². The molecule has 2 aromatic rings. The third-order valence-corrected chi connectivity index (χ3v) is 4.77. The Balaban J connectivity index is 1.63. The van der Waals surface area contributed by atoms with Crippen molar-refractivity contribution in [3.63, 3.8) is 0 Å². The summed E-state index contributed by atoms with van der Waals surface area (Å²) < 4.78 is 10.7. The topological polar surface area (TPSA) is 30.5 Å². The lowest BCUT2D eigenvalue weighted by atomic mass is 10.2. The molecule has 0 radical (unpaired) electrons. The number of benzene rings is 1. The van der Waals surface area contributed by atoms with Crippen LogP contribution in [-0.4, -0.2) is 6.79 Å². The van der Waals surface area contributed by atoms with E-state index in [1.54, 1.807) is 0 Å². The summed E-state index contributed by atoms with van der Waals surface area (Å²) in [5.41, 5.74) is 2.46. The highest BCUT2D eigenvalue weighted by molar-refractivity contribution is 7.12. The van der Waals surface area contributed by atoms with Gasteiger partial charge in [-0.1, -0.05) is 11.6 Å². The third kappa shape index (κ3) is 2.77. The summed E-state index contributed by atoms with van der Waals surface area (Å²) in [6, 6.07) is 6.14. The Hall–Kier alpha value is -1.23. The Morgan fingerprint density at radius 1 is 1.20 bits per heavy atom. The van der Waals surface area contributed by atoms with Gasteiger partial charge in [0.25, 0.3) is 0 Å². The van der Waals surface area contributed by atoms with Crippen LogP contribution in [-0.2, 0) is 13.1 Å². The Morgan fingerprint density at radius 2 is 2.05 bits per heavy atom. The van der Waals surface area contributed by atoms with E-state index in [9.17, 15) is 0 Å². The molecule has 1 aromatic heterocycles. The van der Waals surface area contributed by atoms with E-state index in [1.807, 2.05) is 23.5 Å². The van der Waals surface area contributed by atoms with Crippen molar-refractivity contribution in [3.05, 3.63) is 44.1 Å². The molecule has 0 bridgehead atoms. The van der Waals surface area contributed by atoms with Gasteiger partial charge in [0.1, 0.15) is 0 Å². The second-order valence-electron chi connectivity index (χ2n) is 4.87. The highest BCUT2D eigenvalue weighted by atomic mass is 35.5. The first-order valence-electron chi connectivity index (χ1n) is 6.48. The summed E-state index contributed by atoms with van der Waals surface area (Å²) in [6.45, 7) is 6.17. The lowest BCUT2D eigenvalue weighted by Crippen LogP contribution is -2.11. The minimum atomic E-state index is 0.250. The SMILES string of the molecule is Cc1cc(CNCc2cc(Cl)c3c(c2)OCO3)sc1C. The minimum Gasteiger partial charge on any atom is -0.454 e. The highest BCUT2D eigenvalue weighted by Gasteiger charge is 2.18. The van der Waals surface area contributed by atoms with E-state index in [2.05, 4.69) is 25.2 Å². The molecule has 0 spiro atoms. The molecule has 0 saturated heterocycles. The molecule has 0 aliphatic carbocycles. The Bertz CT molecular complexity index is 620. The largest absolute Gasteiger partial charge is 0.454 e. The van der Waals surface area contributed by atoms with E-state index in [-0.39, 0.29) is 6.79 Å². The fraction of sp³-hybridized carbons (Fsp3) is 0.333. The maximum absolute atomic E-state index is 6.16. The van der Waals surface area contributed by atoms with Gasteiger partial charge in [-0.15, -0.1) is 11.3 Å². The van der Waals surface area contributed by atoms with E-state index in [1.165, 1.54) is 15.3 Å². The fourth-order valence-corrected chi connectivity index (χ4v) is 3.50. The zero-order valence-corrected chi connectivity index (χ0v) is 13.0. The minimum absolute atomic E-state index is 0.250. The Kier molecular flexibility index (Phi) is 3.87. The quantitative estimate of drug-likeness (QED) is 0.924. The predicted octanol–water partition coefficient (Wildman–Crippen LogP) is 4.04. The number of ether oxygens (including phenoxy) is 2. The molecule has 0 saturated carbocycles. The molecule has 1 aliphatic heterocycles. The van der Waals surface area contributed by atoms with Gasteiger partial charge in [0.15, 0.2) is 11.5 Å². The predicted molar refractivity (Wildman–Crippen MR) is 81.9 cm³/mol. The number of thiophene rings is 1. The third-order valence-electron chi connectivity index (χ3n) is 3.33. The average Bonchev–Trinajstić information content (AvgIpc) is 2.98. The maximum atomic E-state index is 6.16. The molecule has 1 N–H and O–H groups in total. The number of hydrogen-bond donors (Lipinski definition) is 1. The van der Waals surface area contributed by atoms with E-state index >= 15 is 0 Å². The normalized spacial score (nSPS) is 12.9. The van der Waals surface area contributed by atoms with Crippen molar-refractivity contribution in [3.8, 4) is 11.5 Å². The summed E-state index contributed by atoms with van der Waals surface area (Å²) in [5, 5.41) is 4.04. The first kappa shape index (κ1) is 13.7. The lowest BCUT2D eigenvalue weighted by Gasteiger charge is -2.06. The van der Waals surface area contributed by atoms with Gasteiger partial charge in [-0.3, -0.25) is 0 Å². The zero-order chi connectivity index (χ0) is 14.1. The van der Waals surface area contributed by atoms with Gasteiger partial charge in [0.2, 0.25) is 6.79 Å².